The lowest BCUT2D eigenvalue weighted by Gasteiger charge is -2.04. The molecule has 0 unspecified atom stereocenters. The van der Waals surface area contributed by atoms with E-state index in [1.54, 1.807) is 13.0 Å². The highest BCUT2D eigenvalue weighted by atomic mass is 32.2. The van der Waals surface area contributed by atoms with Gasteiger partial charge in [-0.25, -0.2) is 18.1 Å². The van der Waals surface area contributed by atoms with E-state index in [0.29, 0.717) is 21.5 Å². The molecule has 1 aromatic carbocycles. The minimum Gasteiger partial charge on any atom is -0.442 e. The maximum atomic E-state index is 12.4. The number of carbonyl (C=O) groups excluding carboxylic acids is 1. The van der Waals surface area contributed by atoms with Crippen LogP contribution in [0, 0.1) is 6.92 Å². The number of sulfonamides is 1. The van der Waals surface area contributed by atoms with Crippen LogP contribution in [-0.2, 0) is 21.4 Å². The topological polar surface area (TPSA) is 101 Å². The summed E-state index contributed by atoms with van der Waals surface area (Å²) in [4.78, 5) is 16.0. The number of anilines is 1. The van der Waals surface area contributed by atoms with Gasteiger partial charge in [0.2, 0.25) is 11.0 Å². The Hall–Kier alpha value is -2.49. The zero-order chi connectivity index (χ0) is 18.7. The fourth-order valence-corrected chi connectivity index (χ4v) is 4.18. The molecule has 26 heavy (non-hydrogen) atoms. The molecule has 7 nitrogen and oxygen atoms in total. The van der Waals surface area contributed by atoms with Gasteiger partial charge < -0.3 is 9.73 Å². The molecule has 3 rings (SSSR count). The minimum absolute atomic E-state index is 0.169. The summed E-state index contributed by atoms with van der Waals surface area (Å²) in [5.41, 5.74) is 1.50. The Balaban J connectivity index is 1.78. The number of aryl methyl sites for hydroxylation is 1. The first kappa shape index (κ1) is 18.3. The molecule has 0 radical (unpaired) electrons. The fourth-order valence-electron chi connectivity index (χ4n) is 2.26. The molecule has 2 aromatic heterocycles. The summed E-state index contributed by atoms with van der Waals surface area (Å²) in [6, 6.07) is 12.2. The van der Waals surface area contributed by atoms with Crippen molar-refractivity contribution in [2.75, 3.05) is 5.32 Å². The summed E-state index contributed by atoms with van der Waals surface area (Å²) in [7, 11) is -3.77. The van der Waals surface area contributed by atoms with Crippen LogP contribution in [0.3, 0.4) is 0 Å². The highest BCUT2D eigenvalue weighted by Crippen LogP contribution is 2.34. The highest BCUT2D eigenvalue weighted by molar-refractivity contribution is 7.89. The number of aromatic nitrogens is 1. The van der Waals surface area contributed by atoms with Crippen molar-refractivity contribution in [2.45, 2.75) is 25.5 Å². The first-order valence-corrected chi connectivity index (χ1v) is 10.0. The van der Waals surface area contributed by atoms with Gasteiger partial charge in [-0.1, -0.05) is 41.7 Å². The van der Waals surface area contributed by atoms with E-state index in [1.165, 1.54) is 24.3 Å². The van der Waals surface area contributed by atoms with Crippen LogP contribution in [0.2, 0.25) is 0 Å². The molecule has 136 valence electrons. The lowest BCUT2D eigenvalue weighted by Crippen LogP contribution is -2.22. The first-order valence-electron chi connectivity index (χ1n) is 7.74. The zero-order valence-corrected chi connectivity index (χ0v) is 15.8. The number of hydrogen-bond donors (Lipinski definition) is 2. The van der Waals surface area contributed by atoms with Gasteiger partial charge in [0.05, 0.1) is 10.6 Å². The molecule has 3 aromatic rings. The average molecular weight is 391 g/mol. The third-order valence-corrected chi connectivity index (χ3v) is 5.82. The quantitative estimate of drug-likeness (QED) is 0.672. The summed E-state index contributed by atoms with van der Waals surface area (Å²) in [5, 5.41) is 2.88. The summed E-state index contributed by atoms with van der Waals surface area (Å²) in [6.07, 6.45) is 0. The number of hydrogen-bond acceptors (Lipinski definition) is 6. The van der Waals surface area contributed by atoms with Crippen molar-refractivity contribution < 1.29 is 17.6 Å². The number of furan rings is 1. The molecule has 9 heteroatoms. The number of nitrogens with one attached hydrogen (secondary N) is 2. The molecule has 0 fully saturated rings. The van der Waals surface area contributed by atoms with Crippen molar-refractivity contribution in [3.8, 4) is 10.6 Å². The molecular formula is C17H17N3O4S2. The fraction of sp³-hybridized carbons (Fsp3) is 0.176. The zero-order valence-electron chi connectivity index (χ0n) is 14.1. The van der Waals surface area contributed by atoms with E-state index < -0.39 is 10.0 Å². The summed E-state index contributed by atoms with van der Waals surface area (Å²) in [5.74, 6) is 0.162. The number of benzene rings is 1. The monoisotopic (exact) mass is 391 g/mol. The van der Waals surface area contributed by atoms with Crippen LogP contribution in [0.15, 0.2) is 52.0 Å². The maximum absolute atomic E-state index is 12.4. The molecule has 0 saturated heterocycles. The molecule has 0 bridgehead atoms. The molecule has 0 aliphatic heterocycles. The normalized spacial score (nSPS) is 11.5. The molecule has 1 amide bonds. The summed E-state index contributed by atoms with van der Waals surface area (Å²) >= 11 is 1.22. The SMILES string of the molecule is CC(=O)Nc1nc(C)c(-c2ccc(S(=O)(=O)NCc3ccccc3)o2)s1. The Morgan fingerprint density at radius 2 is 1.92 bits per heavy atom. The number of carbonyl (C=O) groups is 1. The molecule has 0 saturated carbocycles. The maximum Gasteiger partial charge on any atom is 0.274 e. The third kappa shape index (κ3) is 4.18. The lowest BCUT2D eigenvalue weighted by atomic mass is 10.2. The van der Waals surface area contributed by atoms with E-state index >= 15 is 0 Å². The summed E-state index contributed by atoms with van der Waals surface area (Å²) < 4.78 is 32.9. The van der Waals surface area contributed by atoms with Crippen molar-refractivity contribution >= 4 is 32.4 Å². The predicted molar refractivity (Wildman–Crippen MR) is 99.3 cm³/mol. The molecule has 2 N–H and O–H groups in total. The van der Waals surface area contributed by atoms with Crippen molar-refractivity contribution in [2.24, 2.45) is 0 Å². The van der Waals surface area contributed by atoms with Gasteiger partial charge >= 0.3 is 0 Å². The second-order valence-electron chi connectivity index (χ2n) is 5.54. The van der Waals surface area contributed by atoms with Crippen LogP contribution in [0.5, 0.6) is 0 Å². The standard InChI is InChI=1S/C17H17N3O4S2/c1-11-16(25-17(19-11)20-12(2)21)14-8-9-15(24-14)26(22,23)18-10-13-6-4-3-5-7-13/h3-9,18H,10H2,1-2H3,(H,19,20,21). The lowest BCUT2D eigenvalue weighted by molar-refractivity contribution is -0.114. The van der Waals surface area contributed by atoms with Gasteiger partial charge in [-0.2, -0.15) is 0 Å². The second kappa shape index (κ2) is 7.40. The van der Waals surface area contributed by atoms with Gasteiger partial charge in [-0.3, -0.25) is 4.79 Å². The number of rotatable bonds is 6. The van der Waals surface area contributed by atoms with Gasteiger partial charge in [0.25, 0.3) is 10.0 Å². The van der Waals surface area contributed by atoms with E-state index in [1.807, 2.05) is 30.3 Å². The van der Waals surface area contributed by atoms with E-state index in [2.05, 4.69) is 15.0 Å². The number of nitrogens with zero attached hydrogens (tertiary/aromatic N) is 1. The number of thiazole rings is 1. The van der Waals surface area contributed by atoms with Crippen LogP contribution >= 0.6 is 11.3 Å². The Bertz CT molecular complexity index is 1020. The largest absolute Gasteiger partial charge is 0.442 e. The summed E-state index contributed by atoms with van der Waals surface area (Å²) in [6.45, 7) is 3.33. The van der Waals surface area contributed by atoms with E-state index in [9.17, 15) is 13.2 Å². The predicted octanol–water partition coefficient (Wildman–Crippen LogP) is 3.15. The molecule has 0 aliphatic carbocycles. The second-order valence-corrected chi connectivity index (χ2v) is 8.24. The van der Waals surface area contributed by atoms with Crippen LogP contribution in [0.4, 0.5) is 5.13 Å². The smallest absolute Gasteiger partial charge is 0.274 e. The van der Waals surface area contributed by atoms with E-state index in [0.717, 1.165) is 5.56 Å². The Kier molecular flexibility index (Phi) is 5.21. The van der Waals surface area contributed by atoms with Gasteiger partial charge in [-0.05, 0) is 24.6 Å². The Morgan fingerprint density at radius 3 is 2.62 bits per heavy atom. The van der Waals surface area contributed by atoms with Crippen LogP contribution < -0.4 is 10.0 Å². The van der Waals surface area contributed by atoms with Crippen molar-refractivity contribution in [3.05, 3.63) is 53.7 Å². The molecule has 0 aliphatic rings. The van der Waals surface area contributed by atoms with E-state index in [-0.39, 0.29) is 17.5 Å². The Morgan fingerprint density at radius 1 is 1.19 bits per heavy atom. The minimum atomic E-state index is -3.77. The molecule has 0 atom stereocenters. The number of amides is 1. The van der Waals surface area contributed by atoms with Gasteiger partial charge in [0, 0.05) is 13.5 Å². The molecular weight excluding hydrogens is 374 g/mol. The van der Waals surface area contributed by atoms with Gasteiger partial charge in [-0.15, -0.1) is 0 Å². The van der Waals surface area contributed by atoms with Crippen molar-refractivity contribution in [3.63, 3.8) is 0 Å². The third-order valence-electron chi connectivity index (χ3n) is 3.46. The van der Waals surface area contributed by atoms with Crippen LogP contribution in [0.1, 0.15) is 18.2 Å². The van der Waals surface area contributed by atoms with Crippen LogP contribution in [0.25, 0.3) is 10.6 Å². The van der Waals surface area contributed by atoms with Crippen molar-refractivity contribution in [1.29, 1.82) is 0 Å². The molecule has 0 spiro atoms. The Labute approximate surface area is 155 Å². The van der Waals surface area contributed by atoms with Crippen LogP contribution in [-0.4, -0.2) is 19.3 Å². The van der Waals surface area contributed by atoms with Gasteiger partial charge in [0.1, 0.15) is 5.76 Å². The molecule has 2 heterocycles. The van der Waals surface area contributed by atoms with Crippen molar-refractivity contribution in [1.82, 2.24) is 9.71 Å². The van der Waals surface area contributed by atoms with E-state index in [4.69, 9.17) is 4.42 Å². The van der Waals surface area contributed by atoms with Gasteiger partial charge in [0.15, 0.2) is 5.13 Å². The average Bonchev–Trinajstić information content (AvgIpc) is 3.21. The first-order chi connectivity index (χ1) is 12.3. The highest BCUT2D eigenvalue weighted by Gasteiger charge is 2.21.